The number of benzene rings is 2. The van der Waals surface area contributed by atoms with Crippen molar-refractivity contribution < 1.29 is 23.9 Å². The van der Waals surface area contributed by atoms with Crippen molar-refractivity contribution in [3.05, 3.63) is 59.7 Å². The van der Waals surface area contributed by atoms with Gasteiger partial charge < -0.3 is 14.8 Å². The molecule has 0 bridgehead atoms. The van der Waals surface area contributed by atoms with Crippen molar-refractivity contribution in [2.24, 2.45) is 0 Å². The number of amides is 1. The molecule has 0 heterocycles. The van der Waals surface area contributed by atoms with E-state index in [2.05, 4.69) is 5.32 Å². The molecule has 0 saturated heterocycles. The van der Waals surface area contributed by atoms with Crippen molar-refractivity contribution in [1.82, 2.24) is 0 Å². The van der Waals surface area contributed by atoms with E-state index in [1.807, 2.05) is 6.07 Å². The van der Waals surface area contributed by atoms with Crippen LogP contribution in [0.5, 0.6) is 5.75 Å². The summed E-state index contributed by atoms with van der Waals surface area (Å²) in [6.07, 6.45) is 0.166. The van der Waals surface area contributed by atoms with Crippen LogP contribution in [0.3, 0.4) is 0 Å². The van der Waals surface area contributed by atoms with Crippen LogP contribution in [0, 0.1) is 0 Å². The molecule has 0 aliphatic carbocycles. The van der Waals surface area contributed by atoms with Gasteiger partial charge in [-0.3, -0.25) is 9.59 Å². The molecule has 0 atom stereocenters. The fourth-order valence-corrected chi connectivity index (χ4v) is 2.45. The summed E-state index contributed by atoms with van der Waals surface area (Å²) in [7, 11) is 0. The van der Waals surface area contributed by atoms with Crippen LogP contribution in [0.15, 0.2) is 48.5 Å². The second kappa shape index (κ2) is 10.1. The Morgan fingerprint density at radius 3 is 2.30 bits per heavy atom. The predicted molar refractivity (Wildman–Crippen MR) is 102 cm³/mol. The van der Waals surface area contributed by atoms with Gasteiger partial charge in [-0.15, -0.1) is 0 Å². The normalized spacial score (nSPS) is 10.1. The number of carbonyl (C=O) groups excluding carboxylic acids is 3. The third kappa shape index (κ3) is 5.95. The van der Waals surface area contributed by atoms with Crippen LogP contribution >= 0.6 is 0 Å². The Balaban J connectivity index is 2.01. The third-order valence-corrected chi connectivity index (χ3v) is 3.74. The van der Waals surface area contributed by atoms with Gasteiger partial charge in [0.15, 0.2) is 5.78 Å². The minimum absolute atomic E-state index is 0.0545. The molecule has 1 amide bonds. The molecule has 0 unspecified atom stereocenters. The number of carbonyl (C=O) groups is 3. The number of hydrogen-bond donors (Lipinski definition) is 1. The topological polar surface area (TPSA) is 81.7 Å². The molecule has 0 aliphatic heterocycles. The van der Waals surface area contributed by atoms with Crippen LogP contribution in [0.1, 0.15) is 47.4 Å². The number of anilines is 1. The lowest BCUT2D eigenvalue weighted by atomic mass is 10.1. The zero-order valence-electron chi connectivity index (χ0n) is 15.5. The van der Waals surface area contributed by atoms with E-state index in [0.717, 1.165) is 0 Å². The molecule has 0 spiro atoms. The van der Waals surface area contributed by atoms with Crippen LogP contribution in [0.2, 0.25) is 0 Å². The van der Waals surface area contributed by atoms with Crippen molar-refractivity contribution >= 4 is 23.3 Å². The van der Waals surface area contributed by atoms with Crippen LogP contribution in [0.4, 0.5) is 5.69 Å². The highest BCUT2D eigenvalue weighted by atomic mass is 16.5. The van der Waals surface area contributed by atoms with E-state index in [0.29, 0.717) is 29.2 Å². The Bertz CT molecular complexity index is 801. The predicted octanol–water partition coefficient (Wildman–Crippen LogP) is 3.86. The monoisotopic (exact) mass is 369 g/mol. The molecule has 142 valence electrons. The molecule has 6 nitrogen and oxygen atoms in total. The number of ketones is 1. The first-order valence-corrected chi connectivity index (χ1v) is 8.87. The minimum Gasteiger partial charge on any atom is -0.492 e. The molecule has 2 aromatic carbocycles. The van der Waals surface area contributed by atoms with Gasteiger partial charge in [-0.1, -0.05) is 30.3 Å². The lowest BCUT2D eigenvalue weighted by Crippen LogP contribution is -2.15. The Kier molecular flexibility index (Phi) is 7.55. The summed E-state index contributed by atoms with van der Waals surface area (Å²) < 4.78 is 10.5. The molecule has 0 radical (unpaired) electrons. The van der Waals surface area contributed by atoms with Crippen molar-refractivity contribution in [3.8, 4) is 5.75 Å². The SMILES string of the molecule is CCOC(=O)c1ccc(NC(=O)CCC(=O)c2ccccc2)c(OCC)c1. The minimum atomic E-state index is -0.454. The van der Waals surface area contributed by atoms with Crippen molar-refractivity contribution in [1.29, 1.82) is 0 Å². The number of rotatable bonds is 9. The van der Waals surface area contributed by atoms with Crippen LogP contribution < -0.4 is 10.1 Å². The maximum absolute atomic E-state index is 12.2. The van der Waals surface area contributed by atoms with Crippen LogP contribution in [-0.4, -0.2) is 30.9 Å². The Morgan fingerprint density at radius 2 is 1.63 bits per heavy atom. The van der Waals surface area contributed by atoms with Crippen LogP contribution in [0.25, 0.3) is 0 Å². The lowest BCUT2D eigenvalue weighted by molar-refractivity contribution is -0.116. The van der Waals surface area contributed by atoms with Crippen LogP contribution in [-0.2, 0) is 9.53 Å². The van der Waals surface area contributed by atoms with Gasteiger partial charge in [0.05, 0.1) is 24.5 Å². The van der Waals surface area contributed by atoms with E-state index in [1.54, 1.807) is 50.2 Å². The van der Waals surface area contributed by atoms with E-state index in [4.69, 9.17) is 9.47 Å². The largest absolute Gasteiger partial charge is 0.492 e. The number of nitrogens with one attached hydrogen (secondary N) is 1. The molecule has 0 aromatic heterocycles. The van der Waals surface area contributed by atoms with Gasteiger partial charge in [0.1, 0.15) is 5.75 Å². The standard InChI is InChI=1S/C21H23NO5/c1-3-26-19-14-16(21(25)27-4-2)10-11-17(19)22-20(24)13-12-18(23)15-8-6-5-7-9-15/h5-11,14H,3-4,12-13H2,1-2H3,(H,22,24). The van der Waals surface area contributed by atoms with E-state index >= 15 is 0 Å². The first-order valence-electron chi connectivity index (χ1n) is 8.87. The zero-order chi connectivity index (χ0) is 19.6. The van der Waals surface area contributed by atoms with Gasteiger partial charge >= 0.3 is 5.97 Å². The van der Waals surface area contributed by atoms with Gasteiger partial charge in [-0.25, -0.2) is 4.79 Å². The summed E-state index contributed by atoms with van der Waals surface area (Å²) in [5.41, 5.74) is 1.37. The average molecular weight is 369 g/mol. The highest BCUT2D eigenvalue weighted by Crippen LogP contribution is 2.27. The number of ether oxygens (including phenoxy) is 2. The second-order valence-corrected chi connectivity index (χ2v) is 5.70. The first-order chi connectivity index (χ1) is 13.0. The first kappa shape index (κ1) is 20.2. The van der Waals surface area contributed by atoms with Gasteiger partial charge in [0.25, 0.3) is 0 Å². The summed E-state index contributed by atoms with van der Waals surface area (Å²) in [6, 6.07) is 13.5. The molecule has 0 saturated carbocycles. The summed E-state index contributed by atoms with van der Waals surface area (Å²) in [5.74, 6) is -0.465. The smallest absolute Gasteiger partial charge is 0.338 e. The molecule has 6 heteroatoms. The molecular formula is C21H23NO5. The quantitative estimate of drug-likeness (QED) is 0.536. The highest BCUT2D eigenvalue weighted by Gasteiger charge is 2.14. The van der Waals surface area contributed by atoms with E-state index in [9.17, 15) is 14.4 Å². The average Bonchev–Trinajstić information content (AvgIpc) is 2.68. The summed E-state index contributed by atoms with van der Waals surface area (Å²) in [4.78, 5) is 36.2. The second-order valence-electron chi connectivity index (χ2n) is 5.70. The maximum atomic E-state index is 12.2. The fourth-order valence-electron chi connectivity index (χ4n) is 2.45. The molecule has 1 N–H and O–H groups in total. The van der Waals surface area contributed by atoms with Gasteiger partial charge in [-0.05, 0) is 32.0 Å². The molecule has 0 aliphatic rings. The van der Waals surface area contributed by atoms with E-state index in [1.165, 1.54) is 6.07 Å². The molecule has 0 fully saturated rings. The maximum Gasteiger partial charge on any atom is 0.338 e. The highest BCUT2D eigenvalue weighted by molar-refractivity contribution is 6.00. The summed E-state index contributed by atoms with van der Waals surface area (Å²) in [6.45, 7) is 4.19. The van der Waals surface area contributed by atoms with E-state index < -0.39 is 5.97 Å². The van der Waals surface area contributed by atoms with Crippen molar-refractivity contribution in [3.63, 3.8) is 0 Å². The number of Topliss-reactive ketones (excluding diaryl/α,β-unsaturated/α-hetero) is 1. The summed E-state index contributed by atoms with van der Waals surface area (Å²) in [5, 5.41) is 2.73. The Labute approximate surface area is 158 Å². The van der Waals surface area contributed by atoms with Gasteiger partial charge in [0, 0.05) is 18.4 Å². The van der Waals surface area contributed by atoms with Gasteiger partial charge in [-0.2, -0.15) is 0 Å². The fraction of sp³-hybridized carbons (Fsp3) is 0.286. The Morgan fingerprint density at radius 1 is 0.889 bits per heavy atom. The van der Waals surface area contributed by atoms with Gasteiger partial charge in [0.2, 0.25) is 5.91 Å². The Hall–Kier alpha value is -3.15. The van der Waals surface area contributed by atoms with Crippen molar-refractivity contribution in [2.45, 2.75) is 26.7 Å². The molecule has 2 rings (SSSR count). The van der Waals surface area contributed by atoms with Crippen molar-refractivity contribution in [2.75, 3.05) is 18.5 Å². The summed E-state index contributed by atoms with van der Waals surface area (Å²) >= 11 is 0. The number of esters is 1. The molecule has 2 aromatic rings. The molecule has 27 heavy (non-hydrogen) atoms. The number of hydrogen-bond acceptors (Lipinski definition) is 5. The van der Waals surface area contributed by atoms with E-state index in [-0.39, 0.29) is 31.1 Å². The third-order valence-electron chi connectivity index (χ3n) is 3.74. The zero-order valence-corrected chi connectivity index (χ0v) is 15.5. The molecular weight excluding hydrogens is 346 g/mol. The lowest BCUT2D eigenvalue weighted by Gasteiger charge is -2.13.